The van der Waals surface area contributed by atoms with Gasteiger partial charge in [0, 0.05) is 4.70 Å². The molecule has 0 radical (unpaired) electrons. The Morgan fingerprint density at radius 1 is 1.03 bits per heavy atom. The van der Waals surface area contributed by atoms with Crippen molar-refractivity contribution in [3.8, 4) is 16.3 Å². The largest absolute Gasteiger partial charge is 0.483 e. The average molecular weight is 470 g/mol. The molecule has 0 saturated heterocycles. The Balaban J connectivity index is 1.70. The molecule has 3 aromatic carbocycles. The molecule has 1 unspecified atom stereocenters. The smallest absolute Gasteiger partial charge is 0.336 e. The van der Waals surface area contributed by atoms with Gasteiger partial charge in [-0.05, 0) is 54.1 Å². The molecule has 0 spiro atoms. The third-order valence-electron chi connectivity index (χ3n) is 6.04. The third kappa shape index (κ3) is 3.81. The zero-order valence-corrected chi connectivity index (χ0v) is 19.6. The minimum atomic E-state index is -1.05. The summed E-state index contributed by atoms with van der Waals surface area (Å²) < 4.78 is 7.31. The van der Waals surface area contributed by atoms with Crippen LogP contribution in [0, 0.1) is 13.8 Å². The van der Waals surface area contributed by atoms with Crippen molar-refractivity contribution >= 4 is 38.3 Å². The van der Waals surface area contributed by atoms with Gasteiger partial charge in [0.25, 0.3) is 0 Å². The van der Waals surface area contributed by atoms with E-state index in [0.717, 1.165) is 31.7 Å². The lowest BCUT2D eigenvalue weighted by atomic mass is 10.0. The molecule has 1 atom stereocenters. The first-order valence-electron chi connectivity index (χ1n) is 11.0. The van der Waals surface area contributed by atoms with E-state index < -0.39 is 12.1 Å². The van der Waals surface area contributed by atoms with Crippen LogP contribution in [0.4, 0.5) is 0 Å². The number of aromatic nitrogens is 1. The zero-order valence-electron chi connectivity index (χ0n) is 18.8. The van der Waals surface area contributed by atoms with Crippen molar-refractivity contribution in [2.75, 3.05) is 6.61 Å². The number of ether oxygens (including phenoxy) is 1. The van der Waals surface area contributed by atoms with Crippen LogP contribution in [-0.4, -0.2) is 27.8 Å². The van der Waals surface area contributed by atoms with E-state index in [-0.39, 0.29) is 12.2 Å². The number of carboxylic acids is 1. The summed E-state index contributed by atoms with van der Waals surface area (Å²) in [6.45, 7) is 3.71. The molecule has 5 aromatic rings. The van der Waals surface area contributed by atoms with Gasteiger partial charge < -0.3 is 14.9 Å². The molecule has 0 amide bonds. The van der Waals surface area contributed by atoms with Crippen molar-refractivity contribution in [3.05, 3.63) is 95.1 Å². The molecule has 2 heterocycles. The van der Waals surface area contributed by atoms with Crippen molar-refractivity contribution < 1.29 is 19.7 Å². The molecular weight excluding hydrogens is 446 g/mol. The molecule has 2 N–H and O–H groups in total. The van der Waals surface area contributed by atoms with E-state index in [4.69, 9.17) is 9.72 Å². The highest BCUT2D eigenvalue weighted by Crippen LogP contribution is 2.40. The van der Waals surface area contributed by atoms with Gasteiger partial charge in [-0.2, -0.15) is 0 Å². The molecule has 0 aliphatic heterocycles. The number of benzene rings is 3. The number of hydrogen-bond donors (Lipinski definition) is 2. The first kappa shape index (κ1) is 22.1. The molecule has 170 valence electrons. The molecule has 0 saturated carbocycles. The first-order chi connectivity index (χ1) is 16.5. The van der Waals surface area contributed by atoms with E-state index in [2.05, 4.69) is 12.1 Å². The maximum atomic E-state index is 12.4. The van der Waals surface area contributed by atoms with Crippen molar-refractivity contribution in [1.29, 1.82) is 0 Å². The number of aromatic carboxylic acids is 1. The first-order valence-corrected chi connectivity index (χ1v) is 11.8. The summed E-state index contributed by atoms with van der Waals surface area (Å²) >= 11 is 1.61. The van der Waals surface area contributed by atoms with Crippen LogP contribution >= 0.6 is 11.3 Å². The molecule has 5 nitrogen and oxygen atoms in total. The van der Waals surface area contributed by atoms with E-state index >= 15 is 0 Å². The lowest BCUT2D eigenvalue weighted by molar-refractivity contribution is 0.0698. The van der Waals surface area contributed by atoms with Gasteiger partial charge in [0.05, 0.1) is 33.6 Å². The Hall–Kier alpha value is -3.74. The number of pyridine rings is 1. The van der Waals surface area contributed by atoms with Crippen LogP contribution in [0.25, 0.3) is 31.6 Å². The van der Waals surface area contributed by atoms with Crippen molar-refractivity contribution in [2.45, 2.75) is 20.0 Å². The number of rotatable bonds is 6. The molecule has 34 heavy (non-hydrogen) atoms. The minimum Gasteiger partial charge on any atom is -0.483 e. The van der Waals surface area contributed by atoms with Crippen LogP contribution < -0.4 is 4.74 Å². The molecule has 2 aromatic heterocycles. The number of carbonyl (C=O) groups is 1. The SMILES string of the molecule is Cc1c(-c2cc(C(=O)O)c3c(OC(CO)c4ccccc4)ccc(C)c3n2)sc2ccccc12. The van der Waals surface area contributed by atoms with E-state index in [1.165, 1.54) is 0 Å². The van der Waals surface area contributed by atoms with E-state index in [1.807, 2.05) is 62.4 Å². The summed E-state index contributed by atoms with van der Waals surface area (Å²) in [5.41, 5.74) is 4.07. The van der Waals surface area contributed by atoms with Gasteiger partial charge in [-0.15, -0.1) is 11.3 Å². The standard InChI is InChI=1S/C28H23NO4S/c1-16-12-13-22(33-23(15-30)18-8-4-3-5-9-18)25-20(28(31)32)14-21(29-26(16)25)27-17(2)19-10-6-7-11-24(19)34-27/h3-14,23,30H,15H2,1-2H3,(H,31,32). The summed E-state index contributed by atoms with van der Waals surface area (Å²) in [5.74, 6) is -0.670. The highest BCUT2D eigenvalue weighted by Gasteiger charge is 2.22. The Labute approximate surface area is 200 Å². The Morgan fingerprint density at radius 2 is 1.76 bits per heavy atom. The number of aliphatic hydroxyl groups is 1. The summed E-state index contributed by atoms with van der Waals surface area (Å²) in [6.07, 6.45) is -0.627. The second-order valence-electron chi connectivity index (χ2n) is 8.22. The van der Waals surface area contributed by atoms with Gasteiger partial charge >= 0.3 is 5.97 Å². The number of hydrogen-bond acceptors (Lipinski definition) is 5. The number of thiophene rings is 1. The fourth-order valence-electron chi connectivity index (χ4n) is 4.28. The molecule has 6 heteroatoms. The summed E-state index contributed by atoms with van der Waals surface area (Å²) in [4.78, 5) is 18.3. The number of aryl methyl sites for hydroxylation is 2. The zero-order chi connectivity index (χ0) is 23.8. The number of fused-ring (bicyclic) bond motifs is 2. The van der Waals surface area contributed by atoms with Gasteiger partial charge in [-0.25, -0.2) is 9.78 Å². The van der Waals surface area contributed by atoms with Crippen LogP contribution in [-0.2, 0) is 0 Å². The fraction of sp³-hybridized carbons (Fsp3) is 0.143. The molecular formula is C28H23NO4S. The average Bonchev–Trinajstić information content (AvgIpc) is 3.20. The van der Waals surface area contributed by atoms with Gasteiger partial charge in [0.1, 0.15) is 11.9 Å². The Kier molecular flexibility index (Phi) is 5.77. The lowest BCUT2D eigenvalue weighted by Crippen LogP contribution is -2.13. The highest BCUT2D eigenvalue weighted by atomic mass is 32.1. The van der Waals surface area contributed by atoms with Crippen molar-refractivity contribution in [2.24, 2.45) is 0 Å². The van der Waals surface area contributed by atoms with E-state index in [9.17, 15) is 15.0 Å². The molecule has 5 rings (SSSR count). The predicted molar refractivity (Wildman–Crippen MR) is 136 cm³/mol. The van der Waals surface area contributed by atoms with Gasteiger partial charge in [0.2, 0.25) is 0 Å². The van der Waals surface area contributed by atoms with E-state index in [1.54, 1.807) is 23.5 Å². The summed E-state index contributed by atoms with van der Waals surface area (Å²) in [5, 5.41) is 21.7. The number of aliphatic hydroxyl groups excluding tert-OH is 1. The molecule has 0 aliphatic carbocycles. The van der Waals surface area contributed by atoms with Crippen LogP contribution in [0.2, 0.25) is 0 Å². The predicted octanol–water partition coefficient (Wildman–Crippen LogP) is 6.54. The number of carboxylic acid groups (broad SMARTS) is 1. The summed E-state index contributed by atoms with van der Waals surface area (Å²) in [6, 6.07) is 22.8. The monoisotopic (exact) mass is 469 g/mol. The van der Waals surface area contributed by atoms with Crippen LogP contribution in [0.5, 0.6) is 5.75 Å². The van der Waals surface area contributed by atoms with Crippen molar-refractivity contribution in [1.82, 2.24) is 4.98 Å². The van der Waals surface area contributed by atoms with E-state index in [0.29, 0.717) is 22.3 Å². The minimum absolute atomic E-state index is 0.125. The molecule has 0 fully saturated rings. The van der Waals surface area contributed by atoms with Crippen LogP contribution in [0.3, 0.4) is 0 Å². The Bertz CT molecular complexity index is 1520. The van der Waals surface area contributed by atoms with Crippen molar-refractivity contribution in [3.63, 3.8) is 0 Å². The summed E-state index contributed by atoms with van der Waals surface area (Å²) in [7, 11) is 0. The molecule has 0 bridgehead atoms. The second kappa shape index (κ2) is 8.89. The fourth-order valence-corrected chi connectivity index (χ4v) is 5.45. The highest BCUT2D eigenvalue weighted by molar-refractivity contribution is 7.22. The number of nitrogens with zero attached hydrogens (tertiary/aromatic N) is 1. The second-order valence-corrected chi connectivity index (χ2v) is 9.27. The van der Waals surface area contributed by atoms with Gasteiger partial charge in [-0.1, -0.05) is 54.6 Å². The van der Waals surface area contributed by atoms with Crippen LogP contribution in [0.15, 0.2) is 72.8 Å². The molecule has 0 aliphatic rings. The maximum Gasteiger partial charge on any atom is 0.336 e. The normalized spacial score (nSPS) is 12.2. The third-order valence-corrected chi connectivity index (χ3v) is 7.33. The quantitative estimate of drug-likeness (QED) is 0.295. The van der Waals surface area contributed by atoms with Crippen LogP contribution in [0.1, 0.15) is 33.2 Å². The Morgan fingerprint density at radius 3 is 2.47 bits per heavy atom. The van der Waals surface area contributed by atoms with Gasteiger partial charge in [-0.3, -0.25) is 0 Å². The lowest BCUT2D eigenvalue weighted by Gasteiger charge is -2.20. The maximum absolute atomic E-state index is 12.4. The topological polar surface area (TPSA) is 79.7 Å². The van der Waals surface area contributed by atoms with Gasteiger partial charge in [0.15, 0.2) is 0 Å².